The third kappa shape index (κ3) is 3.00. The van der Waals surface area contributed by atoms with Crippen LogP contribution in [-0.2, 0) is 4.74 Å². The zero-order chi connectivity index (χ0) is 13.8. The summed E-state index contributed by atoms with van der Waals surface area (Å²) in [5.74, 6) is 0.855. The average molecular weight is 272 g/mol. The van der Waals surface area contributed by atoms with Crippen molar-refractivity contribution in [3.63, 3.8) is 0 Å². The number of anilines is 1. The molecule has 0 amide bonds. The van der Waals surface area contributed by atoms with E-state index in [-0.39, 0.29) is 6.10 Å². The van der Waals surface area contributed by atoms with Gasteiger partial charge in [-0.3, -0.25) is 4.57 Å². The first-order valence-electron chi connectivity index (χ1n) is 6.96. The van der Waals surface area contributed by atoms with Crippen LogP contribution >= 0.6 is 0 Å². The van der Waals surface area contributed by atoms with Crippen molar-refractivity contribution in [3.8, 4) is 5.69 Å². The summed E-state index contributed by atoms with van der Waals surface area (Å²) in [4.78, 5) is 6.67. The predicted molar refractivity (Wildman–Crippen MR) is 79.3 cm³/mol. The molecule has 2 heterocycles. The van der Waals surface area contributed by atoms with Crippen LogP contribution in [-0.4, -0.2) is 53.8 Å². The van der Waals surface area contributed by atoms with Crippen molar-refractivity contribution in [2.45, 2.75) is 6.10 Å². The van der Waals surface area contributed by atoms with Crippen molar-refractivity contribution in [3.05, 3.63) is 42.7 Å². The Morgan fingerprint density at radius 2 is 2.20 bits per heavy atom. The van der Waals surface area contributed by atoms with Gasteiger partial charge in [-0.1, -0.05) is 18.2 Å². The van der Waals surface area contributed by atoms with Crippen molar-refractivity contribution in [1.29, 1.82) is 0 Å². The van der Waals surface area contributed by atoms with Crippen LogP contribution < -0.4 is 5.32 Å². The summed E-state index contributed by atoms with van der Waals surface area (Å²) in [7, 11) is 2.13. The van der Waals surface area contributed by atoms with Gasteiger partial charge in [-0.2, -0.15) is 0 Å². The number of imidazole rings is 1. The molecule has 0 saturated carbocycles. The zero-order valence-electron chi connectivity index (χ0n) is 11.7. The summed E-state index contributed by atoms with van der Waals surface area (Å²) in [6.07, 6.45) is 3.99. The molecule has 5 nitrogen and oxygen atoms in total. The first kappa shape index (κ1) is 13.1. The van der Waals surface area contributed by atoms with Crippen LogP contribution in [0.1, 0.15) is 0 Å². The minimum Gasteiger partial charge on any atom is -0.374 e. The van der Waals surface area contributed by atoms with Crippen LogP contribution in [0.15, 0.2) is 42.7 Å². The lowest BCUT2D eigenvalue weighted by Gasteiger charge is -2.30. The Morgan fingerprint density at radius 3 is 3.00 bits per heavy atom. The second-order valence-electron chi connectivity index (χ2n) is 5.09. The number of nitrogens with zero attached hydrogens (tertiary/aromatic N) is 3. The van der Waals surface area contributed by atoms with Gasteiger partial charge in [0.2, 0.25) is 5.95 Å². The quantitative estimate of drug-likeness (QED) is 0.918. The zero-order valence-corrected chi connectivity index (χ0v) is 11.7. The number of ether oxygens (including phenoxy) is 1. The number of nitrogens with one attached hydrogen (secondary N) is 1. The highest BCUT2D eigenvalue weighted by molar-refractivity contribution is 5.41. The molecule has 1 fully saturated rings. The molecule has 0 bridgehead atoms. The molecule has 1 unspecified atom stereocenters. The second kappa shape index (κ2) is 6.07. The molecule has 1 aromatic carbocycles. The lowest BCUT2D eigenvalue weighted by molar-refractivity contribution is -0.0118. The smallest absolute Gasteiger partial charge is 0.207 e. The Balaban J connectivity index is 1.65. The largest absolute Gasteiger partial charge is 0.374 e. The molecule has 2 aromatic rings. The number of likely N-dealkylation sites (N-methyl/N-ethyl adjacent to an activating group) is 1. The van der Waals surface area contributed by atoms with Crippen LogP contribution in [0.2, 0.25) is 0 Å². The van der Waals surface area contributed by atoms with Crippen molar-refractivity contribution in [1.82, 2.24) is 14.5 Å². The molecule has 1 atom stereocenters. The lowest BCUT2D eigenvalue weighted by atomic mass is 10.3. The number of hydrogen-bond acceptors (Lipinski definition) is 4. The number of para-hydroxylation sites is 1. The van der Waals surface area contributed by atoms with Gasteiger partial charge in [0.1, 0.15) is 0 Å². The molecule has 1 saturated heterocycles. The van der Waals surface area contributed by atoms with E-state index < -0.39 is 0 Å². The molecule has 1 aliphatic rings. The Morgan fingerprint density at radius 1 is 1.35 bits per heavy atom. The minimum atomic E-state index is 0.217. The standard InChI is InChI=1S/C15H20N4O/c1-18-9-10-20-14(12-18)11-17-15-16-7-8-19(15)13-5-3-2-4-6-13/h2-8,14H,9-12H2,1H3,(H,16,17). The maximum absolute atomic E-state index is 5.75. The van der Waals surface area contributed by atoms with Gasteiger partial charge in [0, 0.05) is 37.7 Å². The van der Waals surface area contributed by atoms with Gasteiger partial charge in [-0.25, -0.2) is 4.98 Å². The molecule has 0 radical (unpaired) electrons. The average Bonchev–Trinajstić information content (AvgIpc) is 2.95. The fourth-order valence-electron chi connectivity index (χ4n) is 2.43. The monoisotopic (exact) mass is 272 g/mol. The van der Waals surface area contributed by atoms with Gasteiger partial charge in [0.05, 0.1) is 12.7 Å². The molecule has 106 valence electrons. The van der Waals surface area contributed by atoms with E-state index in [9.17, 15) is 0 Å². The van der Waals surface area contributed by atoms with E-state index >= 15 is 0 Å². The Labute approximate surface area is 119 Å². The predicted octanol–water partition coefficient (Wildman–Crippen LogP) is 1.61. The molecule has 1 N–H and O–H groups in total. The molecule has 0 spiro atoms. The van der Waals surface area contributed by atoms with Crippen LogP contribution in [0.4, 0.5) is 5.95 Å². The minimum absolute atomic E-state index is 0.217. The Bertz CT molecular complexity index is 540. The van der Waals surface area contributed by atoms with E-state index in [1.54, 1.807) is 0 Å². The lowest BCUT2D eigenvalue weighted by Crippen LogP contribution is -2.43. The van der Waals surface area contributed by atoms with E-state index in [1.807, 2.05) is 35.2 Å². The van der Waals surface area contributed by atoms with Gasteiger partial charge in [0.15, 0.2) is 0 Å². The highest BCUT2D eigenvalue weighted by atomic mass is 16.5. The number of aromatic nitrogens is 2. The number of benzene rings is 1. The number of rotatable bonds is 4. The van der Waals surface area contributed by atoms with Gasteiger partial charge in [-0.15, -0.1) is 0 Å². The van der Waals surface area contributed by atoms with E-state index in [0.717, 1.165) is 37.9 Å². The van der Waals surface area contributed by atoms with E-state index in [4.69, 9.17) is 4.74 Å². The number of hydrogen-bond donors (Lipinski definition) is 1. The van der Waals surface area contributed by atoms with E-state index in [0.29, 0.717) is 0 Å². The maximum atomic E-state index is 5.75. The van der Waals surface area contributed by atoms with Crippen LogP contribution in [0.25, 0.3) is 5.69 Å². The van der Waals surface area contributed by atoms with Crippen molar-refractivity contribution in [2.24, 2.45) is 0 Å². The van der Waals surface area contributed by atoms with Crippen LogP contribution in [0, 0.1) is 0 Å². The summed E-state index contributed by atoms with van der Waals surface area (Å²) >= 11 is 0. The molecule has 1 aromatic heterocycles. The molecular weight excluding hydrogens is 252 g/mol. The van der Waals surface area contributed by atoms with Gasteiger partial charge >= 0.3 is 0 Å². The fraction of sp³-hybridized carbons (Fsp3) is 0.400. The number of morpholine rings is 1. The second-order valence-corrected chi connectivity index (χ2v) is 5.09. The topological polar surface area (TPSA) is 42.3 Å². The SMILES string of the molecule is CN1CCOC(CNc2nccn2-c2ccccc2)C1. The van der Waals surface area contributed by atoms with Crippen molar-refractivity contribution < 1.29 is 4.74 Å². The third-order valence-electron chi connectivity index (χ3n) is 3.50. The summed E-state index contributed by atoms with van der Waals surface area (Å²) < 4.78 is 7.80. The first-order chi connectivity index (χ1) is 9.83. The highest BCUT2D eigenvalue weighted by Gasteiger charge is 2.18. The van der Waals surface area contributed by atoms with E-state index in [1.165, 1.54) is 0 Å². The van der Waals surface area contributed by atoms with Crippen molar-refractivity contribution in [2.75, 3.05) is 38.6 Å². The first-order valence-corrected chi connectivity index (χ1v) is 6.96. The van der Waals surface area contributed by atoms with Crippen LogP contribution in [0.3, 0.4) is 0 Å². The highest BCUT2D eigenvalue weighted by Crippen LogP contribution is 2.14. The molecule has 5 heteroatoms. The normalized spacial score (nSPS) is 19.9. The fourth-order valence-corrected chi connectivity index (χ4v) is 2.43. The summed E-state index contributed by atoms with van der Waals surface area (Å²) in [6.45, 7) is 3.54. The molecule has 1 aliphatic heterocycles. The van der Waals surface area contributed by atoms with Crippen molar-refractivity contribution >= 4 is 5.95 Å². The molecule has 20 heavy (non-hydrogen) atoms. The van der Waals surface area contributed by atoms with Crippen LogP contribution in [0.5, 0.6) is 0 Å². The summed E-state index contributed by atoms with van der Waals surface area (Å²) in [6, 6.07) is 10.2. The Hall–Kier alpha value is -1.85. The summed E-state index contributed by atoms with van der Waals surface area (Å²) in [5, 5.41) is 3.38. The molecular formula is C15H20N4O. The van der Waals surface area contributed by atoms with Gasteiger partial charge in [-0.05, 0) is 19.2 Å². The van der Waals surface area contributed by atoms with E-state index in [2.05, 4.69) is 34.4 Å². The molecule has 3 rings (SSSR count). The summed E-state index contributed by atoms with van der Waals surface area (Å²) in [5.41, 5.74) is 1.11. The van der Waals surface area contributed by atoms with Gasteiger partial charge < -0.3 is 15.0 Å². The third-order valence-corrected chi connectivity index (χ3v) is 3.50. The Kier molecular flexibility index (Phi) is 3.99. The maximum Gasteiger partial charge on any atom is 0.207 e. The molecule has 0 aliphatic carbocycles. The van der Waals surface area contributed by atoms with Gasteiger partial charge in [0.25, 0.3) is 0 Å².